The number of piperazine rings is 1. The van der Waals surface area contributed by atoms with E-state index in [9.17, 15) is 4.79 Å². The minimum atomic E-state index is -0.186. The molecule has 2 aromatic rings. The van der Waals surface area contributed by atoms with Gasteiger partial charge in [0.05, 0.1) is 26.9 Å². The average Bonchev–Trinajstić information content (AvgIpc) is 3.33. The summed E-state index contributed by atoms with van der Waals surface area (Å²) in [6.07, 6.45) is 5.86. The molecule has 1 aliphatic carbocycles. The van der Waals surface area contributed by atoms with E-state index in [1.54, 1.807) is 7.11 Å². The first-order valence-electron chi connectivity index (χ1n) is 11.6. The molecule has 0 bridgehead atoms. The summed E-state index contributed by atoms with van der Waals surface area (Å²) >= 11 is 0. The van der Waals surface area contributed by atoms with Gasteiger partial charge < -0.3 is 19.1 Å². The van der Waals surface area contributed by atoms with Crippen LogP contribution >= 0.6 is 0 Å². The van der Waals surface area contributed by atoms with Gasteiger partial charge in [-0.25, -0.2) is 0 Å². The Kier molecular flexibility index (Phi) is 7.53. The molecule has 6 nitrogen and oxygen atoms in total. The van der Waals surface area contributed by atoms with Crippen LogP contribution in [0.1, 0.15) is 31.2 Å². The Labute approximate surface area is 191 Å². The zero-order chi connectivity index (χ0) is 22.3. The van der Waals surface area contributed by atoms with Gasteiger partial charge in [-0.05, 0) is 49.8 Å². The number of methoxy groups -OCH3 is 2. The number of anilines is 1. The third kappa shape index (κ3) is 5.54. The first kappa shape index (κ1) is 22.5. The van der Waals surface area contributed by atoms with Crippen molar-refractivity contribution in [1.82, 2.24) is 4.90 Å². The predicted molar refractivity (Wildman–Crippen MR) is 126 cm³/mol. The number of hydrogen-bond acceptors (Lipinski definition) is 6. The van der Waals surface area contributed by atoms with Gasteiger partial charge in [-0.3, -0.25) is 9.69 Å². The highest BCUT2D eigenvalue weighted by atomic mass is 16.5. The molecule has 1 aliphatic heterocycles. The summed E-state index contributed by atoms with van der Waals surface area (Å²) in [5, 5.41) is 0. The average molecular weight is 439 g/mol. The van der Waals surface area contributed by atoms with E-state index in [0.29, 0.717) is 6.54 Å². The van der Waals surface area contributed by atoms with E-state index in [0.717, 1.165) is 56.1 Å². The Morgan fingerprint density at radius 3 is 2.50 bits per heavy atom. The second kappa shape index (κ2) is 10.7. The van der Waals surface area contributed by atoms with Crippen molar-refractivity contribution < 1.29 is 19.0 Å². The van der Waals surface area contributed by atoms with Gasteiger partial charge in [-0.2, -0.15) is 0 Å². The van der Waals surface area contributed by atoms with Crippen LogP contribution in [0.2, 0.25) is 0 Å². The zero-order valence-corrected chi connectivity index (χ0v) is 19.2. The van der Waals surface area contributed by atoms with Crippen LogP contribution in [0, 0.1) is 0 Å². The molecule has 1 saturated heterocycles. The van der Waals surface area contributed by atoms with E-state index in [2.05, 4.69) is 46.2 Å². The number of benzene rings is 2. The van der Waals surface area contributed by atoms with Crippen molar-refractivity contribution in [2.24, 2.45) is 0 Å². The molecule has 2 aromatic carbocycles. The van der Waals surface area contributed by atoms with Gasteiger partial charge in [-0.15, -0.1) is 0 Å². The number of nitrogens with zero attached hydrogens (tertiary/aromatic N) is 2. The summed E-state index contributed by atoms with van der Waals surface area (Å²) in [6, 6.07) is 17.0. The van der Waals surface area contributed by atoms with Gasteiger partial charge in [-0.1, -0.05) is 30.3 Å². The molecule has 32 heavy (non-hydrogen) atoms. The van der Waals surface area contributed by atoms with Crippen molar-refractivity contribution >= 4 is 11.7 Å². The van der Waals surface area contributed by atoms with Crippen molar-refractivity contribution in [3.63, 3.8) is 0 Å². The molecule has 0 amide bonds. The Balaban J connectivity index is 1.56. The number of esters is 1. The lowest BCUT2D eigenvalue weighted by atomic mass is 10.0. The second-order valence-corrected chi connectivity index (χ2v) is 8.71. The summed E-state index contributed by atoms with van der Waals surface area (Å²) in [5.41, 5.74) is 2.43. The summed E-state index contributed by atoms with van der Waals surface area (Å²) < 4.78 is 16.8. The Morgan fingerprint density at radius 2 is 1.78 bits per heavy atom. The molecule has 1 heterocycles. The monoisotopic (exact) mass is 438 g/mol. The van der Waals surface area contributed by atoms with E-state index in [1.165, 1.54) is 25.5 Å². The summed E-state index contributed by atoms with van der Waals surface area (Å²) in [4.78, 5) is 16.5. The van der Waals surface area contributed by atoms with E-state index in [-0.39, 0.29) is 18.1 Å². The first-order chi connectivity index (χ1) is 15.7. The van der Waals surface area contributed by atoms with Gasteiger partial charge in [0.1, 0.15) is 0 Å². The highest BCUT2D eigenvalue weighted by Gasteiger charge is 2.29. The lowest BCUT2D eigenvalue weighted by molar-refractivity contribution is -0.142. The van der Waals surface area contributed by atoms with Crippen LogP contribution in [0.5, 0.6) is 11.5 Å². The number of carbonyl (C=O) groups excluding carboxylic acids is 1. The van der Waals surface area contributed by atoms with Crippen LogP contribution < -0.4 is 14.4 Å². The van der Waals surface area contributed by atoms with Gasteiger partial charge in [0.2, 0.25) is 0 Å². The van der Waals surface area contributed by atoms with Gasteiger partial charge in [0, 0.05) is 37.4 Å². The molecule has 2 fully saturated rings. The maximum atomic E-state index is 11.9. The fourth-order valence-corrected chi connectivity index (χ4v) is 4.83. The van der Waals surface area contributed by atoms with E-state index >= 15 is 0 Å². The molecular weight excluding hydrogens is 404 g/mol. The fourth-order valence-electron chi connectivity index (χ4n) is 4.83. The van der Waals surface area contributed by atoms with Crippen LogP contribution in [-0.2, 0) is 16.0 Å². The molecule has 6 heteroatoms. The van der Waals surface area contributed by atoms with Gasteiger partial charge in [0.15, 0.2) is 11.5 Å². The molecular formula is C26H34N2O4. The van der Waals surface area contributed by atoms with Crippen LogP contribution in [0.3, 0.4) is 0 Å². The molecule has 0 aromatic heterocycles. The van der Waals surface area contributed by atoms with Crippen LogP contribution in [0.25, 0.3) is 0 Å². The Morgan fingerprint density at radius 1 is 1.00 bits per heavy atom. The lowest BCUT2D eigenvalue weighted by Crippen LogP contribution is -2.55. The Hall–Kier alpha value is -2.73. The second-order valence-electron chi connectivity index (χ2n) is 8.71. The van der Waals surface area contributed by atoms with E-state index < -0.39 is 0 Å². The maximum absolute atomic E-state index is 11.9. The topological polar surface area (TPSA) is 51.2 Å². The van der Waals surface area contributed by atoms with Gasteiger partial charge >= 0.3 is 5.97 Å². The molecule has 0 spiro atoms. The molecule has 1 atom stereocenters. The fraction of sp³-hybridized carbons (Fsp3) is 0.500. The van der Waals surface area contributed by atoms with Crippen molar-refractivity contribution in [2.45, 2.75) is 44.2 Å². The number of rotatable bonds is 8. The summed E-state index contributed by atoms with van der Waals surface area (Å²) in [5.74, 6) is 1.42. The van der Waals surface area contributed by atoms with Gasteiger partial charge in [0.25, 0.3) is 0 Å². The number of hydrogen-bond donors (Lipinski definition) is 0. The minimum Gasteiger partial charge on any atom is -0.493 e. The lowest BCUT2D eigenvalue weighted by Gasteiger charge is -2.43. The molecule has 172 valence electrons. The first-order valence-corrected chi connectivity index (χ1v) is 11.6. The van der Waals surface area contributed by atoms with E-state index in [1.807, 2.05) is 12.1 Å². The third-order valence-corrected chi connectivity index (χ3v) is 6.54. The summed E-state index contributed by atoms with van der Waals surface area (Å²) in [6.45, 7) is 2.78. The Bertz CT molecular complexity index is 883. The molecule has 0 radical (unpaired) electrons. The van der Waals surface area contributed by atoms with E-state index in [4.69, 9.17) is 14.2 Å². The number of ether oxygens (including phenoxy) is 3. The largest absolute Gasteiger partial charge is 0.493 e. The molecule has 4 rings (SSSR count). The quantitative estimate of drug-likeness (QED) is 0.583. The maximum Gasteiger partial charge on any atom is 0.319 e. The van der Waals surface area contributed by atoms with Crippen LogP contribution in [0.15, 0.2) is 48.5 Å². The highest BCUT2D eigenvalue weighted by Crippen LogP contribution is 2.36. The molecule has 1 unspecified atom stereocenters. The SMILES string of the molecule is COC(=O)CN1CCN(c2ccc(OC)c(OC3CCCC3)c2)C(Cc2ccccc2)C1. The van der Waals surface area contributed by atoms with Crippen LogP contribution in [-0.4, -0.2) is 63.4 Å². The normalized spacial score (nSPS) is 19.7. The van der Waals surface area contributed by atoms with Crippen molar-refractivity contribution in [1.29, 1.82) is 0 Å². The molecule has 0 N–H and O–H groups in total. The van der Waals surface area contributed by atoms with Crippen LogP contribution in [0.4, 0.5) is 5.69 Å². The van der Waals surface area contributed by atoms with Crippen molar-refractivity contribution in [3.05, 3.63) is 54.1 Å². The predicted octanol–water partition coefficient (Wildman–Crippen LogP) is 3.92. The third-order valence-electron chi connectivity index (χ3n) is 6.54. The van der Waals surface area contributed by atoms with Crippen molar-refractivity contribution in [3.8, 4) is 11.5 Å². The van der Waals surface area contributed by atoms with Crippen molar-refractivity contribution in [2.75, 3.05) is 45.3 Å². The minimum absolute atomic E-state index is 0.186. The highest BCUT2D eigenvalue weighted by molar-refractivity contribution is 5.71. The summed E-state index contributed by atoms with van der Waals surface area (Å²) in [7, 11) is 3.14. The smallest absolute Gasteiger partial charge is 0.319 e. The zero-order valence-electron chi connectivity index (χ0n) is 19.2. The molecule has 1 saturated carbocycles. The molecule has 2 aliphatic rings. The standard InChI is InChI=1S/C26H34N2O4/c1-30-24-13-12-21(17-25(24)32-23-10-6-7-11-23)28-15-14-27(19-26(29)31-2)18-22(28)16-20-8-4-3-5-9-20/h3-5,8-9,12-13,17,22-23H,6-7,10-11,14-16,18-19H2,1-2H3. The number of carbonyl (C=O) groups is 1.